The maximum absolute atomic E-state index is 15.5. The highest BCUT2D eigenvalue weighted by molar-refractivity contribution is 7.90. The molecule has 320 valence electrons. The number of fused-ring (bicyclic) bond motifs is 1. The number of pyridine rings is 1. The third kappa shape index (κ3) is 8.59. The number of nitro groups is 1. The fourth-order valence-corrected chi connectivity index (χ4v) is 9.77. The zero-order valence-electron chi connectivity index (χ0n) is 34.1. The first kappa shape index (κ1) is 41.1. The first-order valence-electron chi connectivity index (χ1n) is 21.0. The Morgan fingerprint density at radius 1 is 0.968 bits per heavy atom. The molecule has 1 amide bonds. The lowest BCUT2D eigenvalue weighted by Gasteiger charge is -2.37. The molecule has 2 aromatic heterocycles. The third-order valence-corrected chi connectivity index (χ3v) is 13.8. The average molecular weight is 859 g/mol. The Morgan fingerprint density at radius 2 is 1.71 bits per heavy atom. The van der Waals surface area contributed by atoms with E-state index in [9.17, 15) is 28.4 Å². The summed E-state index contributed by atoms with van der Waals surface area (Å²) in [6.07, 6.45) is 8.49. The van der Waals surface area contributed by atoms with Gasteiger partial charge < -0.3 is 25.0 Å². The highest BCUT2D eigenvalue weighted by Crippen LogP contribution is 2.47. The van der Waals surface area contributed by atoms with E-state index >= 15 is 4.39 Å². The summed E-state index contributed by atoms with van der Waals surface area (Å²) in [6, 6.07) is 28.9. The summed E-state index contributed by atoms with van der Waals surface area (Å²) in [5.41, 5.74) is 2.69. The van der Waals surface area contributed by atoms with Crippen LogP contribution in [0.3, 0.4) is 0 Å². The van der Waals surface area contributed by atoms with Gasteiger partial charge in [-0.15, -0.1) is 0 Å². The van der Waals surface area contributed by atoms with Gasteiger partial charge in [0.05, 0.1) is 33.2 Å². The second-order valence-electron chi connectivity index (χ2n) is 17.1. The van der Waals surface area contributed by atoms with Crippen molar-refractivity contribution in [2.24, 2.45) is 0 Å². The van der Waals surface area contributed by atoms with E-state index in [0.29, 0.717) is 28.9 Å². The number of benzene rings is 4. The molecule has 62 heavy (non-hydrogen) atoms. The van der Waals surface area contributed by atoms with Gasteiger partial charge in [-0.25, -0.2) is 22.5 Å². The second kappa shape index (κ2) is 16.2. The van der Waals surface area contributed by atoms with Crippen LogP contribution < -0.4 is 19.7 Å². The zero-order chi connectivity index (χ0) is 43.2. The minimum atomic E-state index is -4.67. The largest absolute Gasteiger partial charge is 0.455 e. The van der Waals surface area contributed by atoms with Gasteiger partial charge in [0.25, 0.3) is 21.6 Å². The number of nitro benzene ring substituents is 1. The molecule has 15 heteroatoms. The van der Waals surface area contributed by atoms with Crippen molar-refractivity contribution in [3.63, 3.8) is 0 Å². The van der Waals surface area contributed by atoms with Crippen LogP contribution in [0.5, 0.6) is 11.5 Å². The molecule has 0 unspecified atom stereocenters. The quantitative estimate of drug-likeness (QED) is 0.0645. The summed E-state index contributed by atoms with van der Waals surface area (Å²) in [6.45, 7) is 2.33. The van der Waals surface area contributed by atoms with E-state index in [0.717, 1.165) is 48.2 Å². The molecule has 6 aromatic rings. The fourth-order valence-electron chi connectivity index (χ4n) is 8.78. The number of H-pyrrole nitrogens is 1. The Hall–Kier alpha value is -6.32. The number of amides is 1. The number of aromatic nitrogens is 2. The van der Waals surface area contributed by atoms with E-state index in [1.807, 2.05) is 18.2 Å². The fraction of sp³-hybridized carbons (Fsp3) is 0.319. The van der Waals surface area contributed by atoms with Crippen molar-refractivity contribution in [1.29, 1.82) is 0 Å². The first-order valence-corrected chi connectivity index (χ1v) is 22.4. The second-order valence-corrected chi connectivity index (χ2v) is 18.8. The number of nitrogens with zero attached hydrogens (tertiary/aromatic N) is 3. The predicted octanol–water partition coefficient (Wildman–Crippen LogP) is 9.71. The van der Waals surface area contributed by atoms with E-state index in [2.05, 4.69) is 61.3 Å². The van der Waals surface area contributed by atoms with Crippen LogP contribution in [0.25, 0.3) is 22.2 Å². The van der Waals surface area contributed by atoms with Crippen LogP contribution in [0, 0.1) is 10.1 Å². The Morgan fingerprint density at radius 3 is 2.45 bits per heavy atom. The molecule has 3 fully saturated rings. The van der Waals surface area contributed by atoms with Gasteiger partial charge in [-0.1, -0.05) is 42.5 Å². The van der Waals surface area contributed by atoms with E-state index in [1.54, 1.807) is 31.3 Å². The SMILES string of the molecule is CC1(O)CCC(F)(CNc2ccc(S(=O)(=O)NC(=O)c3ccc(-c4ccc(N5CCC[C@H]5c5ccccc5C5CC5)cc4)cc3Oc3cnc4[nH]ccc4c3)cc2[N+](=O)[O-])CC1. The van der Waals surface area contributed by atoms with Gasteiger partial charge in [0.1, 0.15) is 28.5 Å². The van der Waals surface area contributed by atoms with Crippen molar-refractivity contribution in [2.45, 2.75) is 86.4 Å². The molecule has 4 aromatic carbocycles. The number of aliphatic hydroxyl groups is 1. The van der Waals surface area contributed by atoms with E-state index in [1.165, 1.54) is 42.3 Å². The number of halogens is 1. The number of sulfonamides is 1. The van der Waals surface area contributed by atoms with E-state index in [-0.39, 0.29) is 49.2 Å². The van der Waals surface area contributed by atoms with Gasteiger partial charge in [0, 0.05) is 36.4 Å². The molecule has 1 saturated heterocycles. The van der Waals surface area contributed by atoms with Crippen LogP contribution in [0.15, 0.2) is 114 Å². The van der Waals surface area contributed by atoms with E-state index < -0.39 is 42.7 Å². The Labute approximate surface area is 358 Å². The van der Waals surface area contributed by atoms with Gasteiger partial charge in [-0.2, -0.15) is 0 Å². The molecule has 0 radical (unpaired) electrons. The number of rotatable bonds is 13. The van der Waals surface area contributed by atoms with Crippen LogP contribution in [0.2, 0.25) is 0 Å². The monoisotopic (exact) mass is 858 g/mol. The minimum Gasteiger partial charge on any atom is -0.455 e. The Balaban J connectivity index is 0.968. The summed E-state index contributed by atoms with van der Waals surface area (Å²) in [7, 11) is -4.67. The number of alkyl halides is 1. The molecule has 0 spiro atoms. The van der Waals surface area contributed by atoms with Crippen molar-refractivity contribution in [3.05, 3.63) is 136 Å². The molecule has 0 bridgehead atoms. The minimum absolute atomic E-state index is 0.0576. The third-order valence-electron chi connectivity index (χ3n) is 12.5. The highest BCUT2D eigenvalue weighted by atomic mass is 32.2. The lowest BCUT2D eigenvalue weighted by molar-refractivity contribution is -0.384. The maximum Gasteiger partial charge on any atom is 0.293 e. The molecule has 1 aliphatic heterocycles. The molecule has 3 heterocycles. The van der Waals surface area contributed by atoms with Crippen molar-refractivity contribution in [1.82, 2.24) is 14.7 Å². The van der Waals surface area contributed by atoms with Gasteiger partial charge >= 0.3 is 0 Å². The molecular formula is C47H47FN6O7S. The Bertz CT molecular complexity index is 2780. The molecule has 1 atom stereocenters. The molecule has 4 N–H and O–H groups in total. The number of nitrogens with one attached hydrogen (secondary N) is 3. The summed E-state index contributed by atoms with van der Waals surface area (Å²) < 4.78 is 51.2. The zero-order valence-corrected chi connectivity index (χ0v) is 35.0. The van der Waals surface area contributed by atoms with Crippen LogP contribution in [0.4, 0.5) is 21.5 Å². The molecule has 3 aliphatic rings. The number of hydrogen-bond donors (Lipinski definition) is 4. The van der Waals surface area contributed by atoms with Crippen molar-refractivity contribution < 1.29 is 32.4 Å². The van der Waals surface area contributed by atoms with Crippen LogP contribution in [0.1, 0.15) is 91.7 Å². The molecule has 9 rings (SSSR count). The standard InChI is InChI=1S/C47H47FN6O7S/c1-46(56)19-21-47(48,22-20-46)29-51-40-17-15-36(27-42(40)54(57)58)62(59,60)52-45(55)39-16-12-32(26-43(39)61-35-25-33-18-23-49-44(33)50-28-35)30-10-13-34(14-11-30)53-24-4-7-41(53)38-6-3-2-5-37(38)31-8-9-31/h2-3,5-6,10-18,23,25-28,31,41,51,56H,4,7-9,19-22,24,29H2,1H3,(H,49,50)(H,52,55)/t41-,46?,47?/m0/s1. The Kier molecular flexibility index (Phi) is 10.7. The number of hydrogen-bond acceptors (Lipinski definition) is 10. The number of anilines is 2. The summed E-state index contributed by atoms with van der Waals surface area (Å²) in [5.74, 6) is -0.0105. The summed E-state index contributed by atoms with van der Waals surface area (Å²) in [5, 5.41) is 25.9. The lowest BCUT2D eigenvalue weighted by atomic mass is 9.78. The van der Waals surface area contributed by atoms with Gasteiger partial charge in [-0.05, 0) is 135 Å². The number of carbonyl (C=O) groups is 1. The molecule has 13 nitrogen and oxygen atoms in total. The maximum atomic E-state index is 15.5. The number of ether oxygens (including phenoxy) is 1. The van der Waals surface area contributed by atoms with Gasteiger partial charge in [0.2, 0.25) is 0 Å². The van der Waals surface area contributed by atoms with Crippen LogP contribution in [-0.2, 0) is 10.0 Å². The lowest BCUT2D eigenvalue weighted by Crippen LogP contribution is -2.42. The number of carbonyl (C=O) groups excluding carboxylic acids is 1. The van der Waals surface area contributed by atoms with Crippen LogP contribution in [-0.4, -0.2) is 58.7 Å². The predicted molar refractivity (Wildman–Crippen MR) is 235 cm³/mol. The highest BCUT2D eigenvalue weighted by Gasteiger charge is 2.40. The average Bonchev–Trinajstić information content (AvgIpc) is 3.80. The van der Waals surface area contributed by atoms with E-state index in [4.69, 9.17) is 4.74 Å². The van der Waals surface area contributed by atoms with Gasteiger partial charge in [-0.3, -0.25) is 14.9 Å². The topological polar surface area (TPSA) is 180 Å². The summed E-state index contributed by atoms with van der Waals surface area (Å²) in [4.78, 5) is 34.6. The van der Waals surface area contributed by atoms with Gasteiger partial charge in [0.15, 0.2) is 0 Å². The number of aromatic amines is 1. The summed E-state index contributed by atoms with van der Waals surface area (Å²) >= 11 is 0. The molecule has 2 aliphatic carbocycles. The van der Waals surface area contributed by atoms with Crippen molar-refractivity contribution in [3.8, 4) is 22.6 Å². The van der Waals surface area contributed by atoms with Crippen molar-refractivity contribution in [2.75, 3.05) is 23.3 Å². The molecule has 2 saturated carbocycles. The molecular weight excluding hydrogens is 812 g/mol. The first-order chi connectivity index (χ1) is 29.7. The van der Waals surface area contributed by atoms with Crippen molar-refractivity contribution >= 4 is 44.0 Å². The van der Waals surface area contributed by atoms with Crippen LogP contribution >= 0.6 is 0 Å². The normalized spacial score (nSPS) is 21.5. The smallest absolute Gasteiger partial charge is 0.293 e.